The van der Waals surface area contributed by atoms with Crippen LogP contribution < -0.4 is 0 Å². The molecule has 0 N–H and O–H groups in total. The van der Waals surface area contributed by atoms with Crippen molar-refractivity contribution in [2.45, 2.75) is 76.5 Å². The molecule has 0 radical (unpaired) electrons. The Hall–Kier alpha value is -1.70. The Bertz CT molecular complexity index is 770. The molecule has 144 valence electrons. The standard InChI is InChI=1S/C25H30F2/c1-2-3-17-4-6-18(7-5-17)19-8-10-20(11-9-19)21-12-13-22-15-24(26)25(27)16-23(22)14-21/h8-11,15-18,21H,2-7,12-14H2,1H3. The Morgan fingerprint density at radius 2 is 1.37 bits per heavy atom. The van der Waals surface area contributed by atoms with E-state index < -0.39 is 11.6 Å². The number of rotatable bonds is 4. The quantitative estimate of drug-likeness (QED) is 0.530. The Morgan fingerprint density at radius 1 is 0.778 bits per heavy atom. The van der Waals surface area contributed by atoms with Crippen LogP contribution >= 0.6 is 0 Å². The first kappa shape index (κ1) is 18.7. The van der Waals surface area contributed by atoms with Gasteiger partial charge in [0.1, 0.15) is 0 Å². The lowest BCUT2D eigenvalue weighted by atomic mass is 9.76. The van der Waals surface area contributed by atoms with Crippen molar-refractivity contribution in [2.75, 3.05) is 0 Å². The van der Waals surface area contributed by atoms with Crippen molar-refractivity contribution in [1.82, 2.24) is 0 Å². The van der Waals surface area contributed by atoms with Crippen LogP contribution in [0.4, 0.5) is 8.78 Å². The van der Waals surface area contributed by atoms with Gasteiger partial charge < -0.3 is 0 Å². The fourth-order valence-corrected chi connectivity index (χ4v) is 5.27. The summed E-state index contributed by atoms with van der Waals surface area (Å²) in [5, 5.41) is 0. The molecule has 4 rings (SSSR count). The molecule has 0 spiro atoms. The van der Waals surface area contributed by atoms with Gasteiger partial charge in [0, 0.05) is 0 Å². The van der Waals surface area contributed by atoms with E-state index in [0.717, 1.165) is 42.2 Å². The van der Waals surface area contributed by atoms with Crippen LogP contribution in [0.3, 0.4) is 0 Å². The van der Waals surface area contributed by atoms with Crippen LogP contribution in [-0.4, -0.2) is 0 Å². The summed E-state index contributed by atoms with van der Waals surface area (Å²) in [7, 11) is 0. The number of halogens is 2. The van der Waals surface area contributed by atoms with Gasteiger partial charge in [0.05, 0.1) is 0 Å². The zero-order valence-corrected chi connectivity index (χ0v) is 16.3. The molecule has 1 fully saturated rings. The fourth-order valence-electron chi connectivity index (χ4n) is 5.27. The van der Waals surface area contributed by atoms with Gasteiger partial charge in [-0.05, 0) is 97.1 Å². The Labute approximate surface area is 162 Å². The normalized spacial score (nSPS) is 25.2. The minimum absolute atomic E-state index is 0.414. The first-order valence-electron chi connectivity index (χ1n) is 10.7. The summed E-state index contributed by atoms with van der Waals surface area (Å²) in [5.74, 6) is 0.639. The Kier molecular flexibility index (Phi) is 5.61. The SMILES string of the molecule is CCCC1CCC(c2ccc(C3CCc4cc(F)c(F)cc4C3)cc2)CC1. The lowest BCUT2D eigenvalue weighted by Crippen LogP contribution is -2.15. The van der Waals surface area contributed by atoms with Crippen LogP contribution in [0.1, 0.15) is 86.0 Å². The molecule has 1 unspecified atom stereocenters. The average molecular weight is 369 g/mol. The molecular formula is C25H30F2. The van der Waals surface area contributed by atoms with Crippen LogP contribution in [-0.2, 0) is 12.8 Å². The third kappa shape index (κ3) is 4.10. The molecule has 2 aliphatic carbocycles. The summed E-state index contributed by atoms with van der Waals surface area (Å²) < 4.78 is 27.0. The predicted molar refractivity (Wildman–Crippen MR) is 107 cm³/mol. The molecular weight excluding hydrogens is 338 g/mol. The maximum Gasteiger partial charge on any atom is 0.159 e. The highest BCUT2D eigenvalue weighted by molar-refractivity contribution is 5.36. The molecule has 2 aromatic carbocycles. The van der Waals surface area contributed by atoms with Crippen LogP contribution in [0.5, 0.6) is 0 Å². The zero-order valence-electron chi connectivity index (χ0n) is 16.3. The van der Waals surface area contributed by atoms with Gasteiger partial charge in [-0.25, -0.2) is 8.78 Å². The van der Waals surface area contributed by atoms with Crippen molar-refractivity contribution < 1.29 is 8.78 Å². The highest BCUT2D eigenvalue weighted by atomic mass is 19.2. The van der Waals surface area contributed by atoms with Crippen molar-refractivity contribution in [3.63, 3.8) is 0 Å². The largest absolute Gasteiger partial charge is 0.204 e. The number of aryl methyl sites for hydroxylation is 1. The smallest absolute Gasteiger partial charge is 0.159 e. The number of fused-ring (bicyclic) bond motifs is 1. The third-order valence-corrected chi connectivity index (χ3v) is 6.89. The molecule has 0 saturated heterocycles. The summed E-state index contributed by atoms with van der Waals surface area (Å²) in [4.78, 5) is 0. The maximum absolute atomic E-state index is 13.6. The first-order valence-corrected chi connectivity index (χ1v) is 10.7. The summed E-state index contributed by atoms with van der Waals surface area (Å²) in [6.45, 7) is 2.29. The molecule has 0 bridgehead atoms. The van der Waals surface area contributed by atoms with Gasteiger partial charge in [0.15, 0.2) is 11.6 Å². The number of benzene rings is 2. The van der Waals surface area contributed by atoms with Gasteiger partial charge in [-0.15, -0.1) is 0 Å². The first-order chi connectivity index (χ1) is 13.1. The van der Waals surface area contributed by atoms with Gasteiger partial charge >= 0.3 is 0 Å². The van der Waals surface area contributed by atoms with E-state index in [1.807, 2.05) is 0 Å². The lowest BCUT2D eigenvalue weighted by molar-refractivity contribution is 0.308. The Morgan fingerprint density at radius 3 is 2.00 bits per heavy atom. The molecule has 2 aromatic rings. The van der Waals surface area contributed by atoms with Crippen molar-refractivity contribution in [3.05, 3.63) is 70.3 Å². The van der Waals surface area contributed by atoms with E-state index in [-0.39, 0.29) is 0 Å². The van der Waals surface area contributed by atoms with Crippen molar-refractivity contribution in [2.24, 2.45) is 5.92 Å². The highest BCUT2D eigenvalue weighted by Gasteiger charge is 2.24. The van der Waals surface area contributed by atoms with E-state index in [1.54, 1.807) is 0 Å². The van der Waals surface area contributed by atoms with E-state index in [1.165, 1.54) is 61.8 Å². The molecule has 27 heavy (non-hydrogen) atoms. The summed E-state index contributed by atoms with van der Waals surface area (Å²) in [5.41, 5.74) is 4.78. The molecule has 2 aliphatic rings. The minimum Gasteiger partial charge on any atom is -0.204 e. The highest BCUT2D eigenvalue weighted by Crippen LogP contribution is 2.39. The van der Waals surface area contributed by atoms with E-state index in [2.05, 4.69) is 31.2 Å². The summed E-state index contributed by atoms with van der Waals surface area (Å²) in [6.07, 6.45) is 10.8. The van der Waals surface area contributed by atoms with Crippen LogP contribution in [0, 0.1) is 17.6 Å². The molecule has 1 saturated carbocycles. The maximum atomic E-state index is 13.6. The molecule has 0 aliphatic heterocycles. The topological polar surface area (TPSA) is 0 Å². The van der Waals surface area contributed by atoms with E-state index in [4.69, 9.17) is 0 Å². The van der Waals surface area contributed by atoms with Crippen LogP contribution in [0.15, 0.2) is 36.4 Å². The molecule has 0 nitrogen and oxygen atoms in total. The lowest BCUT2D eigenvalue weighted by Gasteiger charge is -2.29. The number of hydrogen-bond acceptors (Lipinski definition) is 0. The molecule has 0 heterocycles. The fraction of sp³-hybridized carbons (Fsp3) is 0.520. The van der Waals surface area contributed by atoms with Gasteiger partial charge in [-0.2, -0.15) is 0 Å². The average Bonchev–Trinajstić information content (AvgIpc) is 2.70. The van der Waals surface area contributed by atoms with E-state index >= 15 is 0 Å². The van der Waals surface area contributed by atoms with E-state index in [9.17, 15) is 8.78 Å². The number of hydrogen-bond donors (Lipinski definition) is 0. The monoisotopic (exact) mass is 368 g/mol. The minimum atomic E-state index is -0.719. The van der Waals surface area contributed by atoms with Gasteiger partial charge in [-0.3, -0.25) is 0 Å². The third-order valence-electron chi connectivity index (χ3n) is 6.89. The molecule has 1 atom stereocenters. The summed E-state index contributed by atoms with van der Waals surface area (Å²) in [6, 6.07) is 12.0. The zero-order chi connectivity index (χ0) is 18.8. The van der Waals surface area contributed by atoms with Gasteiger partial charge in [-0.1, -0.05) is 44.0 Å². The molecule has 2 heteroatoms. The Balaban J connectivity index is 1.42. The molecule has 0 amide bonds. The predicted octanol–water partition coefficient (Wildman–Crippen LogP) is 7.31. The van der Waals surface area contributed by atoms with Crippen LogP contribution in [0.2, 0.25) is 0 Å². The summed E-state index contributed by atoms with van der Waals surface area (Å²) >= 11 is 0. The van der Waals surface area contributed by atoms with Crippen molar-refractivity contribution in [1.29, 1.82) is 0 Å². The van der Waals surface area contributed by atoms with Crippen molar-refractivity contribution >= 4 is 0 Å². The van der Waals surface area contributed by atoms with E-state index in [0.29, 0.717) is 5.92 Å². The second-order valence-corrected chi connectivity index (χ2v) is 8.65. The molecule has 0 aromatic heterocycles. The van der Waals surface area contributed by atoms with Crippen LogP contribution in [0.25, 0.3) is 0 Å². The van der Waals surface area contributed by atoms with Crippen molar-refractivity contribution in [3.8, 4) is 0 Å². The second kappa shape index (κ2) is 8.12. The van der Waals surface area contributed by atoms with Gasteiger partial charge in [0.25, 0.3) is 0 Å². The second-order valence-electron chi connectivity index (χ2n) is 8.65. The van der Waals surface area contributed by atoms with Gasteiger partial charge in [0.2, 0.25) is 0 Å².